The number of hydrogen-bond donors (Lipinski definition) is 2. The van der Waals surface area contributed by atoms with Crippen molar-refractivity contribution in [1.29, 1.82) is 0 Å². The Morgan fingerprint density at radius 2 is 2.19 bits per heavy atom. The van der Waals surface area contributed by atoms with Gasteiger partial charge in [-0.2, -0.15) is 5.10 Å². The number of aromatic amines is 1. The number of piperidine rings is 1. The fourth-order valence-electron chi connectivity index (χ4n) is 3.21. The van der Waals surface area contributed by atoms with Crippen molar-refractivity contribution in [2.45, 2.75) is 25.8 Å². The number of nitrogens with one attached hydrogen (secondary N) is 2. The molecule has 138 valence electrons. The minimum absolute atomic E-state index is 0.0448. The molecule has 1 atom stereocenters. The van der Waals surface area contributed by atoms with Crippen LogP contribution in [-0.2, 0) is 11.3 Å². The molecule has 2 heterocycles. The van der Waals surface area contributed by atoms with Gasteiger partial charge in [-0.25, -0.2) is 13.9 Å². The smallest absolute Gasteiger partial charge is 0.266 e. The predicted octanol–water partition coefficient (Wildman–Crippen LogP) is 1.97. The van der Waals surface area contributed by atoms with Gasteiger partial charge in [-0.15, -0.1) is 0 Å². The molecule has 0 spiro atoms. The number of nitrogens with zero attached hydrogens (tertiary/aromatic N) is 2. The van der Waals surface area contributed by atoms with Crippen LogP contribution in [0.1, 0.15) is 24.8 Å². The molecule has 2 aromatic rings. The van der Waals surface area contributed by atoms with Crippen LogP contribution >= 0.6 is 0 Å². The Morgan fingerprint density at radius 3 is 3.00 bits per heavy atom. The van der Waals surface area contributed by atoms with E-state index in [9.17, 15) is 18.4 Å². The highest BCUT2D eigenvalue weighted by Gasteiger charge is 2.23. The van der Waals surface area contributed by atoms with E-state index in [4.69, 9.17) is 0 Å². The fraction of sp³-hybridized carbons (Fsp3) is 0.389. The van der Waals surface area contributed by atoms with Gasteiger partial charge in [0.05, 0.1) is 11.9 Å². The largest absolute Gasteiger partial charge is 0.370 e. The first-order valence-corrected chi connectivity index (χ1v) is 8.51. The zero-order chi connectivity index (χ0) is 18.5. The Morgan fingerprint density at radius 1 is 1.35 bits per heavy atom. The Hall–Kier alpha value is -2.77. The molecule has 8 heteroatoms. The first-order valence-electron chi connectivity index (χ1n) is 8.51. The predicted molar refractivity (Wildman–Crippen MR) is 92.6 cm³/mol. The summed E-state index contributed by atoms with van der Waals surface area (Å²) in [4.78, 5) is 25.6. The molecular formula is C18H20F2N4O2. The molecule has 1 aromatic carbocycles. The zero-order valence-corrected chi connectivity index (χ0v) is 14.2. The molecule has 1 saturated heterocycles. The Labute approximate surface area is 149 Å². The summed E-state index contributed by atoms with van der Waals surface area (Å²) in [5, 5.41) is 8.79. The number of benzene rings is 1. The lowest BCUT2D eigenvalue weighted by molar-refractivity contribution is -0.122. The highest BCUT2D eigenvalue weighted by atomic mass is 19.1. The Balaban J connectivity index is 1.54. The van der Waals surface area contributed by atoms with Gasteiger partial charge in [0.1, 0.15) is 11.6 Å². The molecule has 2 N–H and O–H groups in total. The number of halogens is 2. The van der Waals surface area contributed by atoms with Crippen LogP contribution in [0.4, 0.5) is 14.5 Å². The van der Waals surface area contributed by atoms with Crippen molar-refractivity contribution in [3.8, 4) is 0 Å². The second-order valence-electron chi connectivity index (χ2n) is 6.47. The second-order valence-corrected chi connectivity index (χ2v) is 6.47. The van der Waals surface area contributed by atoms with Crippen molar-refractivity contribution in [3.05, 3.63) is 58.0 Å². The summed E-state index contributed by atoms with van der Waals surface area (Å²) < 4.78 is 26.8. The molecule has 1 unspecified atom stereocenters. The standard InChI is InChI=1S/C18H20F2N4O2/c19-14-3-4-16(20)13(7-14)9-21-17(25)6-12-2-1-5-24(11-12)15-8-18(26)23-22-10-15/h3-4,7-8,10,12H,1-2,5-6,9,11H2,(H,21,25)(H,23,26). The van der Waals surface area contributed by atoms with Crippen molar-refractivity contribution >= 4 is 11.6 Å². The van der Waals surface area contributed by atoms with E-state index in [-0.39, 0.29) is 29.5 Å². The zero-order valence-electron chi connectivity index (χ0n) is 14.2. The van der Waals surface area contributed by atoms with Crippen LogP contribution in [-0.4, -0.2) is 29.2 Å². The molecule has 1 aromatic heterocycles. The molecule has 1 fully saturated rings. The monoisotopic (exact) mass is 362 g/mol. The average Bonchev–Trinajstić information content (AvgIpc) is 2.63. The lowest BCUT2D eigenvalue weighted by Gasteiger charge is -2.33. The minimum Gasteiger partial charge on any atom is -0.370 e. The van der Waals surface area contributed by atoms with Crippen molar-refractivity contribution in [2.75, 3.05) is 18.0 Å². The van der Waals surface area contributed by atoms with Gasteiger partial charge >= 0.3 is 0 Å². The van der Waals surface area contributed by atoms with Crippen LogP contribution in [0, 0.1) is 17.6 Å². The van der Waals surface area contributed by atoms with E-state index in [1.165, 1.54) is 6.07 Å². The number of hydrogen-bond acceptors (Lipinski definition) is 4. The van der Waals surface area contributed by atoms with Gasteiger partial charge < -0.3 is 10.2 Å². The molecular weight excluding hydrogens is 342 g/mol. The third kappa shape index (κ3) is 4.65. The van der Waals surface area contributed by atoms with Crippen LogP contribution < -0.4 is 15.8 Å². The molecule has 1 aliphatic rings. The van der Waals surface area contributed by atoms with Crippen LogP contribution in [0.2, 0.25) is 0 Å². The van der Waals surface area contributed by atoms with E-state index in [1.807, 2.05) is 4.90 Å². The van der Waals surface area contributed by atoms with Crippen molar-refractivity contribution < 1.29 is 13.6 Å². The van der Waals surface area contributed by atoms with E-state index in [0.29, 0.717) is 13.0 Å². The maximum absolute atomic E-state index is 13.6. The Bertz CT molecular complexity index is 840. The van der Waals surface area contributed by atoms with E-state index >= 15 is 0 Å². The molecule has 6 nitrogen and oxygen atoms in total. The van der Waals surface area contributed by atoms with Crippen LogP contribution in [0.5, 0.6) is 0 Å². The van der Waals surface area contributed by atoms with Gasteiger partial charge in [0.15, 0.2) is 0 Å². The normalized spacial score (nSPS) is 17.2. The summed E-state index contributed by atoms with van der Waals surface area (Å²) in [6.45, 7) is 1.40. The molecule has 1 aliphatic heterocycles. The van der Waals surface area contributed by atoms with E-state index in [2.05, 4.69) is 15.5 Å². The van der Waals surface area contributed by atoms with Gasteiger partial charge in [-0.3, -0.25) is 9.59 Å². The van der Waals surface area contributed by atoms with Crippen LogP contribution in [0.3, 0.4) is 0 Å². The number of anilines is 1. The molecule has 0 aliphatic carbocycles. The van der Waals surface area contributed by atoms with Crippen molar-refractivity contribution in [1.82, 2.24) is 15.5 Å². The first-order chi connectivity index (χ1) is 12.5. The minimum atomic E-state index is -0.544. The molecule has 0 radical (unpaired) electrons. The van der Waals surface area contributed by atoms with Crippen LogP contribution in [0.15, 0.2) is 35.3 Å². The summed E-state index contributed by atoms with van der Waals surface area (Å²) in [5.74, 6) is -1.16. The fourth-order valence-corrected chi connectivity index (χ4v) is 3.21. The summed E-state index contributed by atoms with van der Waals surface area (Å²) in [7, 11) is 0. The summed E-state index contributed by atoms with van der Waals surface area (Å²) in [6, 6.07) is 4.66. The second kappa shape index (κ2) is 8.07. The van der Waals surface area contributed by atoms with Crippen molar-refractivity contribution in [3.63, 3.8) is 0 Å². The molecule has 0 saturated carbocycles. The van der Waals surface area contributed by atoms with Gasteiger partial charge in [-0.05, 0) is 37.0 Å². The van der Waals surface area contributed by atoms with E-state index in [0.717, 1.165) is 43.3 Å². The average molecular weight is 362 g/mol. The summed E-state index contributed by atoms with van der Waals surface area (Å²) in [5.41, 5.74) is 0.596. The SMILES string of the molecule is O=C(CC1CCCN(c2cn[nH]c(=O)c2)C1)NCc1cc(F)ccc1F. The highest BCUT2D eigenvalue weighted by Crippen LogP contribution is 2.23. The summed E-state index contributed by atoms with van der Waals surface area (Å²) in [6.07, 6.45) is 3.69. The lowest BCUT2D eigenvalue weighted by atomic mass is 9.94. The number of amides is 1. The topological polar surface area (TPSA) is 78.1 Å². The van der Waals surface area contributed by atoms with Gasteiger partial charge in [0, 0.05) is 37.7 Å². The number of aromatic nitrogens is 2. The number of rotatable bonds is 5. The van der Waals surface area contributed by atoms with Crippen molar-refractivity contribution in [2.24, 2.45) is 5.92 Å². The number of carbonyl (C=O) groups is 1. The van der Waals surface area contributed by atoms with Gasteiger partial charge in [0.2, 0.25) is 5.91 Å². The highest BCUT2D eigenvalue weighted by molar-refractivity contribution is 5.76. The molecule has 1 amide bonds. The molecule has 0 bridgehead atoms. The molecule has 3 rings (SSSR count). The van der Waals surface area contributed by atoms with Gasteiger partial charge in [0.25, 0.3) is 5.56 Å². The summed E-state index contributed by atoms with van der Waals surface area (Å²) >= 11 is 0. The number of carbonyl (C=O) groups excluding carboxylic acids is 1. The van der Waals surface area contributed by atoms with E-state index in [1.54, 1.807) is 6.20 Å². The quantitative estimate of drug-likeness (QED) is 0.853. The lowest BCUT2D eigenvalue weighted by Crippen LogP contribution is -2.38. The Kier molecular flexibility index (Phi) is 5.60. The van der Waals surface area contributed by atoms with E-state index < -0.39 is 11.6 Å². The molecule has 26 heavy (non-hydrogen) atoms. The maximum atomic E-state index is 13.6. The number of H-pyrrole nitrogens is 1. The maximum Gasteiger partial charge on any atom is 0.266 e. The first kappa shape index (κ1) is 18.0. The third-order valence-corrected chi connectivity index (χ3v) is 4.49. The third-order valence-electron chi connectivity index (χ3n) is 4.49. The van der Waals surface area contributed by atoms with Gasteiger partial charge in [-0.1, -0.05) is 0 Å². The van der Waals surface area contributed by atoms with Crippen LogP contribution in [0.25, 0.3) is 0 Å².